The van der Waals surface area contributed by atoms with Crippen molar-refractivity contribution in [2.24, 2.45) is 0 Å². The maximum absolute atomic E-state index is 11.3. The summed E-state index contributed by atoms with van der Waals surface area (Å²) in [7, 11) is 0. The predicted octanol–water partition coefficient (Wildman–Crippen LogP) is 1.62. The molecular weight excluding hydrogens is 178 g/mol. The number of aromatic nitrogens is 1. The van der Waals surface area contributed by atoms with Crippen molar-refractivity contribution in [2.75, 3.05) is 13.2 Å². The number of ketones is 1. The van der Waals surface area contributed by atoms with E-state index in [-0.39, 0.29) is 12.4 Å². The van der Waals surface area contributed by atoms with Crippen molar-refractivity contribution < 1.29 is 9.53 Å². The summed E-state index contributed by atoms with van der Waals surface area (Å²) in [6.45, 7) is 2.89. The highest BCUT2D eigenvalue weighted by Crippen LogP contribution is 1.98. The molecule has 0 unspecified atom stereocenters. The molecule has 0 bridgehead atoms. The highest BCUT2D eigenvalue weighted by Gasteiger charge is 2.02. The Morgan fingerprint density at radius 3 is 2.79 bits per heavy atom. The van der Waals surface area contributed by atoms with Crippen molar-refractivity contribution in [1.82, 2.24) is 4.98 Å². The first-order valence-electron chi connectivity index (χ1n) is 4.81. The molecule has 1 aromatic heterocycles. The highest BCUT2D eigenvalue weighted by molar-refractivity contribution is 5.81. The van der Waals surface area contributed by atoms with Gasteiger partial charge in [0.15, 0.2) is 5.78 Å². The molecule has 76 valence electrons. The van der Waals surface area contributed by atoms with Gasteiger partial charge in [0.25, 0.3) is 0 Å². The Bertz CT molecular complexity index is 272. The summed E-state index contributed by atoms with van der Waals surface area (Å²) in [6, 6.07) is 3.69. The molecular formula is C11H15NO2. The van der Waals surface area contributed by atoms with E-state index >= 15 is 0 Å². The first-order chi connectivity index (χ1) is 6.83. The van der Waals surface area contributed by atoms with Gasteiger partial charge in [-0.25, -0.2) is 0 Å². The van der Waals surface area contributed by atoms with Gasteiger partial charge in [0, 0.05) is 25.4 Å². The number of carbonyl (C=O) groups excluding carboxylic acids is 1. The van der Waals surface area contributed by atoms with Crippen molar-refractivity contribution >= 4 is 5.78 Å². The van der Waals surface area contributed by atoms with Crippen molar-refractivity contribution in [3.8, 4) is 0 Å². The van der Waals surface area contributed by atoms with Gasteiger partial charge in [-0.05, 0) is 24.1 Å². The first kappa shape index (κ1) is 10.9. The third-order valence-corrected chi connectivity index (χ3v) is 1.76. The second-order valence-corrected chi connectivity index (χ2v) is 3.12. The summed E-state index contributed by atoms with van der Waals surface area (Å²) in [5.41, 5.74) is 0.991. The molecule has 14 heavy (non-hydrogen) atoms. The molecule has 1 rings (SSSR count). The molecule has 0 fully saturated rings. The van der Waals surface area contributed by atoms with Gasteiger partial charge in [0.1, 0.15) is 6.61 Å². The fourth-order valence-corrected chi connectivity index (χ4v) is 1.11. The van der Waals surface area contributed by atoms with Crippen LogP contribution in [0.25, 0.3) is 0 Å². The molecule has 0 saturated carbocycles. The van der Waals surface area contributed by atoms with E-state index in [0.29, 0.717) is 13.0 Å². The standard InChI is InChI=1S/C11H15NO2/c1-2-7-14-9-11(13)8-10-3-5-12-6-4-10/h3-6H,2,7-9H2,1H3. The molecule has 3 heteroatoms. The number of ether oxygens (including phenoxy) is 1. The Kier molecular flexibility index (Phi) is 4.86. The molecule has 1 aromatic rings. The van der Waals surface area contributed by atoms with Gasteiger partial charge in [-0.1, -0.05) is 6.92 Å². The van der Waals surface area contributed by atoms with Crippen LogP contribution in [0.4, 0.5) is 0 Å². The predicted molar refractivity (Wildman–Crippen MR) is 54.1 cm³/mol. The lowest BCUT2D eigenvalue weighted by Gasteiger charge is -2.01. The molecule has 0 aliphatic carbocycles. The number of hydrogen-bond donors (Lipinski definition) is 0. The van der Waals surface area contributed by atoms with Gasteiger partial charge in [0.05, 0.1) is 0 Å². The topological polar surface area (TPSA) is 39.2 Å². The molecule has 0 N–H and O–H groups in total. The summed E-state index contributed by atoms with van der Waals surface area (Å²) in [6.07, 6.45) is 4.76. The largest absolute Gasteiger partial charge is 0.374 e. The van der Waals surface area contributed by atoms with E-state index in [0.717, 1.165) is 12.0 Å². The summed E-state index contributed by atoms with van der Waals surface area (Å²) < 4.78 is 5.15. The van der Waals surface area contributed by atoms with Gasteiger partial charge in [-0.15, -0.1) is 0 Å². The van der Waals surface area contributed by atoms with Crippen LogP contribution in [-0.4, -0.2) is 24.0 Å². The van der Waals surface area contributed by atoms with Crippen LogP contribution in [-0.2, 0) is 16.0 Å². The number of hydrogen-bond acceptors (Lipinski definition) is 3. The summed E-state index contributed by atoms with van der Waals surface area (Å²) in [4.78, 5) is 15.2. The molecule has 0 amide bonds. The number of Topliss-reactive ketones (excluding diaryl/α,β-unsaturated/α-hetero) is 1. The number of pyridine rings is 1. The zero-order chi connectivity index (χ0) is 10.2. The molecule has 0 saturated heterocycles. The van der Waals surface area contributed by atoms with Crippen LogP contribution in [0.3, 0.4) is 0 Å². The zero-order valence-electron chi connectivity index (χ0n) is 8.40. The Morgan fingerprint density at radius 2 is 2.14 bits per heavy atom. The van der Waals surface area contributed by atoms with E-state index in [2.05, 4.69) is 4.98 Å². The van der Waals surface area contributed by atoms with E-state index in [4.69, 9.17) is 4.74 Å². The SMILES string of the molecule is CCCOCC(=O)Cc1ccncc1. The van der Waals surface area contributed by atoms with Gasteiger partial charge in [-0.2, -0.15) is 0 Å². The average Bonchev–Trinajstić information content (AvgIpc) is 2.20. The minimum Gasteiger partial charge on any atom is -0.374 e. The molecule has 0 radical (unpaired) electrons. The maximum atomic E-state index is 11.3. The Hall–Kier alpha value is -1.22. The number of rotatable bonds is 6. The van der Waals surface area contributed by atoms with E-state index < -0.39 is 0 Å². The van der Waals surface area contributed by atoms with Crippen molar-refractivity contribution in [2.45, 2.75) is 19.8 Å². The molecule has 0 spiro atoms. The van der Waals surface area contributed by atoms with E-state index in [9.17, 15) is 4.79 Å². The minimum absolute atomic E-state index is 0.115. The third-order valence-electron chi connectivity index (χ3n) is 1.76. The summed E-state index contributed by atoms with van der Waals surface area (Å²) >= 11 is 0. The number of nitrogens with zero attached hydrogens (tertiary/aromatic N) is 1. The van der Waals surface area contributed by atoms with Crippen LogP contribution in [0, 0.1) is 0 Å². The lowest BCUT2D eigenvalue weighted by atomic mass is 10.1. The van der Waals surface area contributed by atoms with Crippen LogP contribution in [0.2, 0.25) is 0 Å². The minimum atomic E-state index is 0.115. The second kappa shape index (κ2) is 6.27. The van der Waals surface area contributed by atoms with Gasteiger partial charge >= 0.3 is 0 Å². The maximum Gasteiger partial charge on any atom is 0.162 e. The van der Waals surface area contributed by atoms with Crippen LogP contribution in [0.5, 0.6) is 0 Å². The smallest absolute Gasteiger partial charge is 0.162 e. The molecule has 0 aliphatic rings. The quantitative estimate of drug-likeness (QED) is 0.644. The van der Waals surface area contributed by atoms with Crippen molar-refractivity contribution in [3.63, 3.8) is 0 Å². The monoisotopic (exact) mass is 193 g/mol. The molecule has 0 aromatic carbocycles. The molecule has 3 nitrogen and oxygen atoms in total. The molecule has 0 aliphatic heterocycles. The Labute approximate surface area is 84.1 Å². The van der Waals surface area contributed by atoms with Crippen molar-refractivity contribution in [3.05, 3.63) is 30.1 Å². The van der Waals surface area contributed by atoms with E-state index in [1.54, 1.807) is 12.4 Å². The summed E-state index contributed by atoms with van der Waals surface area (Å²) in [5.74, 6) is 0.115. The van der Waals surface area contributed by atoms with Gasteiger partial charge in [-0.3, -0.25) is 9.78 Å². The number of carbonyl (C=O) groups is 1. The lowest BCUT2D eigenvalue weighted by molar-refractivity contribution is -0.122. The van der Waals surface area contributed by atoms with Crippen LogP contribution in [0.1, 0.15) is 18.9 Å². The summed E-state index contributed by atoms with van der Waals surface area (Å²) in [5, 5.41) is 0. The van der Waals surface area contributed by atoms with E-state index in [1.165, 1.54) is 0 Å². The Morgan fingerprint density at radius 1 is 1.43 bits per heavy atom. The van der Waals surface area contributed by atoms with Gasteiger partial charge < -0.3 is 4.74 Å². The fourth-order valence-electron chi connectivity index (χ4n) is 1.11. The second-order valence-electron chi connectivity index (χ2n) is 3.12. The first-order valence-corrected chi connectivity index (χ1v) is 4.81. The van der Waals surface area contributed by atoms with Crippen LogP contribution >= 0.6 is 0 Å². The van der Waals surface area contributed by atoms with Crippen LogP contribution < -0.4 is 0 Å². The molecule has 0 atom stereocenters. The normalized spacial score (nSPS) is 10.1. The molecule has 1 heterocycles. The van der Waals surface area contributed by atoms with Crippen LogP contribution in [0.15, 0.2) is 24.5 Å². The third kappa shape index (κ3) is 4.14. The van der Waals surface area contributed by atoms with Gasteiger partial charge in [0.2, 0.25) is 0 Å². The Balaban J connectivity index is 2.27. The lowest BCUT2D eigenvalue weighted by Crippen LogP contribution is -2.11. The van der Waals surface area contributed by atoms with E-state index in [1.807, 2.05) is 19.1 Å². The highest BCUT2D eigenvalue weighted by atomic mass is 16.5. The average molecular weight is 193 g/mol. The zero-order valence-corrected chi connectivity index (χ0v) is 8.40. The van der Waals surface area contributed by atoms with Crippen molar-refractivity contribution in [1.29, 1.82) is 0 Å². The fraction of sp³-hybridized carbons (Fsp3) is 0.455.